The van der Waals surface area contributed by atoms with Crippen LogP contribution in [0.25, 0.3) is 0 Å². The molecule has 0 aliphatic carbocycles. The van der Waals surface area contributed by atoms with Crippen LogP contribution < -0.4 is 4.90 Å². The summed E-state index contributed by atoms with van der Waals surface area (Å²) >= 11 is 1.39. The minimum atomic E-state index is -0.467. The molecule has 0 N–H and O–H groups in total. The number of hydrogen-bond donors (Lipinski definition) is 0. The summed E-state index contributed by atoms with van der Waals surface area (Å²) in [7, 11) is 0. The smallest absolute Gasteiger partial charge is 0.269 e. The van der Waals surface area contributed by atoms with Gasteiger partial charge in [-0.3, -0.25) is 14.9 Å². The third-order valence-corrected chi connectivity index (χ3v) is 6.24. The highest BCUT2D eigenvalue weighted by Gasteiger charge is 2.29. The molecule has 31 heavy (non-hydrogen) atoms. The zero-order valence-corrected chi connectivity index (χ0v) is 18.2. The Balaban J connectivity index is 1.39. The SMILES string of the molecule is Cc1ccc(Cc2nsc(N3CCN(C(=O)c4ccc([N+](=O)[O-])cc4)C(C)C3)n2)cc1. The maximum Gasteiger partial charge on any atom is 0.269 e. The largest absolute Gasteiger partial charge is 0.343 e. The van der Waals surface area contributed by atoms with Crippen LogP contribution >= 0.6 is 11.5 Å². The monoisotopic (exact) mass is 437 g/mol. The molecule has 1 aromatic heterocycles. The molecule has 1 aliphatic rings. The molecule has 1 fully saturated rings. The zero-order valence-electron chi connectivity index (χ0n) is 17.4. The molecule has 1 unspecified atom stereocenters. The van der Waals surface area contributed by atoms with Gasteiger partial charge in [0.25, 0.3) is 11.6 Å². The van der Waals surface area contributed by atoms with Gasteiger partial charge in [-0.15, -0.1) is 0 Å². The zero-order chi connectivity index (χ0) is 22.0. The van der Waals surface area contributed by atoms with E-state index in [9.17, 15) is 14.9 Å². The van der Waals surface area contributed by atoms with Gasteiger partial charge in [0.2, 0.25) is 5.13 Å². The summed E-state index contributed by atoms with van der Waals surface area (Å²) in [5, 5.41) is 11.7. The summed E-state index contributed by atoms with van der Waals surface area (Å²) in [5.41, 5.74) is 2.85. The lowest BCUT2D eigenvalue weighted by atomic mass is 10.1. The van der Waals surface area contributed by atoms with E-state index >= 15 is 0 Å². The van der Waals surface area contributed by atoms with E-state index in [2.05, 4.69) is 40.5 Å². The van der Waals surface area contributed by atoms with Crippen molar-refractivity contribution >= 4 is 28.3 Å². The van der Waals surface area contributed by atoms with E-state index in [0.717, 1.165) is 11.0 Å². The number of carbonyl (C=O) groups excluding carboxylic acids is 1. The summed E-state index contributed by atoms with van der Waals surface area (Å²) in [4.78, 5) is 31.9. The maximum absolute atomic E-state index is 12.9. The molecule has 160 valence electrons. The molecule has 1 saturated heterocycles. The Labute approximate surface area is 184 Å². The second-order valence-corrected chi connectivity index (χ2v) is 8.48. The highest BCUT2D eigenvalue weighted by molar-refractivity contribution is 7.09. The number of non-ortho nitro benzene ring substituents is 1. The number of hydrogen-bond acceptors (Lipinski definition) is 7. The first-order valence-corrected chi connectivity index (χ1v) is 10.9. The fourth-order valence-corrected chi connectivity index (χ4v) is 4.38. The molecular weight excluding hydrogens is 414 g/mol. The van der Waals surface area contributed by atoms with E-state index < -0.39 is 4.92 Å². The van der Waals surface area contributed by atoms with E-state index in [0.29, 0.717) is 31.6 Å². The minimum absolute atomic E-state index is 0.0131. The Morgan fingerprint density at radius 3 is 2.52 bits per heavy atom. The number of piperazine rings is 1. The van der Waals surface area contributed by atoms with Crippen LogP contribution in [0.15, 0.2) is 48.5 Å². The molecule has 0 spiro atoms. The molecule has 2 aromatic carbocycles. The average Bonchev–Trinajstić information content (AvgIpc) is 3.23. The van der Waals surface area contributed by atoms with Crippen molar-refractivity contribution in [2.45, 2.75) is 26.3 Å². The molecule has 0 radical (unpaired) electrons. The summed E-state index contributed by atoms with van der Waals surface area (Å²) in [6, 6.07) is 14.1. The average molecular weight is 438 g/mol. The number of carbonyl (C=O) groups is 1. The van der Waals surface area contributed by atoms with Crippen LogP contribution in [0.2, 0.25) is 0 Å². The molecule has 2 heterocycles. The number of rotatable bonds is 5. The Bertz CT molecular complexity index is 1080. The van der Waals surface area contributed by atoms with Crippen molar-refractivity contribution in [1.82, 2.24) is 14.3 Å². The molecule has 0 bridgehead atoms. The Kier molecular flexibility index (Phi) is 5.94. The quantitative estimate of drug-likeness (QED) is 0.446. The molecule has 1 aliphatic heterocycles. The van der Waals surface area contributed by atoms with Gasteiger partial charge in [-0.25, -0.2) is 4.98 Å². The second-order valence-electron chi connectivity index (χ2n) is 7.75. The van der Waals surface area contributed by atoms with Crippen LogP contribution in [0.3, 0.4) is 0 Å². The number of nitro groups is 1. The summed E-state index contributed by atoms with van der Waals surface area (Å²) in [6.45, 7) is 5.96. The number of amides is 1. The lowest BCUT2D eigenvalue weighted by molar-refractivity contribution is -0.384. The van der Waals surface area contributed by atoms with Crippen molar-refractivity contribution in [3.63, 3.8) is 0 Å². The summed E-state index contributed by atoms with van der Waals surface area (Å²) in [5.74, 6) is 0.695. The van der Waals surface area contributed by atoms with Gasteiger partial charge in [0.15, 0.2) is 0 Å². The van der Waals surface area contributed by atoms with Crippen LogP contribution in [-0.2, 0) is 6.42 Å². The van der Waals surface area contributed by atoms with Crippen LogP contribution in [-0.4, -0.2) is 50.8 Å². The van der Waals surface area contributed by atoms with E-state index in [-0.39, 0.29) is 17.6 Å². The van der Waals surface area contributed by atoms with Gasteiger partial charge in [-0.1, -0.05) is 29.8 Å². The normalized spacial score (nSPS) is 16.4. The van der Waals surface area contributed by atoms with Crippen molar-refractivity contribution in [3.8, 4) is 0 Å². The van der Waals surface area contributed by atoms with Crippen molar-refractivity contribution in [2.75, 3.05) is 24.5 Å². The molecule has 3 aromatic rings. The Morgan fingerprint density at radius 1 is 1.16 bits per heavy atom. The molecule has 9 heteroatoms. The van der Waals surface area contributed by atoms with Gasteiger partial charge in [0.05, 0.1) is 4.92 Å². The van der Waals surface area contributed by atoms with Crippen LogP contribution in [0.4, 0.5) is 10.8 Å². The van der Waals surface area contributed by atoms with E-state index in [1.807, 2.05) is 11.8 Å². The molecule has 4 rings (SSSR count). The number of anilines is 1. The molecule has 8 nitrogen and oxygen atoms in total. The third kappa shape index (κ3) is 4.72. The van der Waals surface area contributed by atoms with Crippen molar-refractivity contribution in [2.24, 2.45) is 0 Å². The van der Waals surface area contributed by atoms with Gasteiger partial charge in [0, 0.05) is 61.3 Å². The van der Waals surface area contributed by atoms with Crippen molar-refractivity contribution in [3.05, 3.63) is 81.2 Å². The number of nitro benzene ring substituents is 1. The van der Waals surface area contributed by atoms with Crippen molar-refractivity contribution < 1.29 is 9.72 Å². The number of benzene rings is 2. The third-order valence-electron chi connectivity index (χ3n) is 5.42. The molecule has 1 amide bonds. The number of aromatic nitrogens is 2. The second kappa shape index (κ2) is 8.81. The van der Waals surface area contributed by atoms with E-state index in [1.165, 1.54) is 46.9 Å². The van der Waals surface area contributed by atoms with E-state index in [1.54, 1.807) is 0 Å². The highest BCUT2D eigenvalue weighted by Crippen LogP contribution is 2.24. The predicted octanol–water partition coefficient (Wildman–Crippen LogP) is 3.70. The van der Waals surface area contributed by atoms with Gasteiger partial charge in [0.1, 0.15) is 5.82 Å². The Morgan fingerprint density at radius 2 is 1.87 bits per heavy atom. The molecule has 1 atom stereocenters. The predicted molar refractivity (Wildman–Crippen MR) is 120 cm³/mol. The Hall–Kier alpha value is -3.33. The van der Waals surface area contributed by atoms with Gasteiger partial charge in [-0.2, -0.15) is 4.37 Å². The topological polar surface area (TPSA) is 92.5 Å². The van der Waals surface area contributed by atoms with Crippen molar-refractivity contribution in [1.29, 1.82) is 0 Å². The maximum atomic E-state index is 12.9. The lowest BCUT2D eigenvalue weighted by Crippen LogP contribution is -2.54. The summed E-state index contributed by atoms with van der Waals surface area (Å²) < 4.78 is 4.51. The number of aryl methyl sites for hydroxylation is 1. The van der Waals surface area contributed by atoms with Gasteiger partial charge >= 0.3 is 0 Å². The van der Waals surface area contributed by atoms with Crippen LogP contribution in [0, 0.1) is 17.0 Å². The minimum Gasteiger partial charge on any atom is -0.343 e. The first-order valence-electron chi connectivity index (χ1n) is 10.1. The highest BCUT2D eigenvalue weighted by atomic mass is 32.1. The standard InChI is InChI=1S/C22H23N5O3S/c1-15-3-5-17(6-4-15)13-20-23-22(31-24-20)25-11-12-26(16(2)14-25)21(28)18-7-9-19(10-8-18)27(29)30/h3-10,16H,11-14H2,1-2H3. The fraction of sp³-hybridized carbons (Fsp3) is 0.318. The van der Waals surface area contributed by atoms with Gasteiger partial charge < -0.3 is 9.80 Å². The lowest BCUT2D eigenvalue weighted by Gasteiger charge is -2.39. The van der Waals surface area contributed by atoms with Gasteiger partial charge in [-0.05, 0) is 31.5 Å². The molecule has 0 saturated carbocycles. The summed E-state index contributed by atoms with van der Waals surface area (Å²) in [6.07, 6.45) is 0.699. The van der Waals surface area contributed by atoms with Crippen LogP contribution in [0.5, 0.6) is 0 Å². The fourth-order valence-electron chi connectivity index (χ4n) is 3.66. The van der Waals surface area contributed by atoms with Crippen LogP contribution in [0.1, 0.15) is 34.2 Å². The number of nitrogens with zero attached hydrogens (tertiary/aromatic N) is 5. The first kappa shape index (κ1) is 20.9. The van der Waals surface area contributed by atoms with E-state index in [4.69, 9.17) is 4.98 Å². The first-order chi connectivity index (χ1) is 14.9. The molecular formula is C22H23N5O3S.